The van der Waals surface area contributed by atoms with Gasteiger partial charge in [0.25, 0.3) is 0 Å². The van der Waals surface area contributed by atoms with Crippen molar-refractivity contribution in [2.45, 2.75) is 32.7 Å². The minimum atomic E-state index is 0.449. The number of nitrogens with zero attached hydrogens (tertiary/aromatic N) is 2. The maximum atomic E-state index is 4.24. The average Bonchev–Trinajstić information content (AvgIpc) is 2.70. The van der Waals surface area contributed by atoms with Crippen molar-refractivity contribution in [3.63, 3.8) is 0 Å². The lowest BCUT2D eigenvalue weighted by Gasteiger charge is -2.16. The van der Waals surface area contributed by atoms with Gasteiger partial charge in [-0.25, -0.2) is 0 Å². The van der Waals surface area contributed by atoms with Crippen molar-refractivity contribution < 1.29 is 0 Å². The fraction of sp³-hybridized carbons (Fsp3) is 0.750. The number of rotatable bonds is 8. The van der Waals surface area contributed by atoms with Gasteiger partial charge >= 0.3 is 0 Å². The lowest BCUT2D eigenvalue weighted by molar-refractivity contribution is 0.577. The predicted octanol–water partition coefficient (Wildman–Crippen LogP) is 2.60. The van der Waals surface area contributed by atoms with Crippen LogP contribution >= 0.6 is 11.8 Å². The molecule has 0 bridgehead atoms. The van der Waals surface area contributed by atoms with Crippen molar-refractivity contribution in [3.05, 3.63) is 18.0 Å². The highest BCUT2D eigenvalue weighted by Crippen LogP contribution is 2.18. The van der Waals surface area contributed by atoms with Crippen LogP contribution in [-0.2, 0) is 7.05 Å². The molecular weight excluding hydrogens is 218 g/mol. The van der Waals surface area contributed by atoms with E-state index in [0.717, 1.165) is 12.3 Å². The fourth-order valence-corrected chi connectivity index (χ4v) is 2.56. The van der Waals surface area contributed by atoms with Gasteiger partial charge in [-0.3, -0.25) is 4.68 Å². The smallest absolute Gasteiger partial charge is 0.0537 e. The lowest BCUT2D eigenvalue weighted by Crippen LogP contribution is -2.24. The first-order valence-electron chi connectivity index (χ1n) is 6.07. The van der Waals surface area contributed by atoms with Gasteiger partial charge in [0.05, 0.1) is 6.20 Å². The first-order chi connectivity index (χ1) is 7.77. The standard InChI is InChI=1S/C12H23N3S/c1-4-6-13-12(10-16-7-5-2)11-8-14-15(3)9-11/h8-9,12-13H,4-7,10H2,1-3H3. The molecule has 0 amide bonds. The van der Waals surface area contributed by atoms with E-state index in [1.807, 2.05) is 29.7 Å². The van der Waals surface area contributed by atoms with Crippen LogP contribution in [0.2, 0.25) is 0 Å². The van der Waals surface area contributed by atoms with Crippen molar-refractivity contribution in [1.29, 1.82) is 0 Å². The molecule has 0 saturated heterocycles. The minimum Gasteiger partial charge on any atom is -0.309 e. The second kappa shape index (κ2) is 7.74. The summed E-state index contributed by atoms with van der Waals surface area (Å²) in [5, 5.41) is 7.83. The maximum absolute atomic E-state index is 4.24. The Hall–Kier alpha value is -0.480. The largest absolute Gasteiger partial charge is 0.309 e. The number of hydrogen-bond donors (Lipinski definition) is 1. The quantitative estimate of drug-likeness (QED) is 0.710. The summed E-state index contributed by atoms with van der Waals surface area (Å²) in [5.74, 6) is 2.38. The van der Waals surface area contributed by atoms with Gasteiger partial charge in [0.15, 0.2) is 0 Å². The van der Waals surface area contributed by atoms with E-state index in [1.54, 1.807) is 0 Å². The maximum Gasteiger partial charge on any atom is 0.0537 e. The third-order valence-electron chi connectivity index (χ3n) is 2.40. The summed E-state index contributed by atoms with van der Waals surface area (Å²) in [6, 6.07) is 0.449. The fourth-order valence-electron chi connectivity index (χ4n) is 1.56. The Bertz CT molecular complexity index is 286. The lowest BCUT2D eigenvalue weighted by atomic mass is 10.2. The third kappa shape index (κ3) is 4.58. The molecule has 0 aliphatic rings. The summed E-state index contributed by atoms with van der Waals surface area (Å²) in [5.41, 5.74) is 1.31. The van der Waals surface area contributed by atoms with Gasteiger partial charge in [-0.05, 0) is 25.1 Å². The van der Waals surface area contributed by atoms with Crippen molar-refractivity contribution in [2.24, 2.45) is 7.05 Å². The van der Waals surface area contributed by atoms with E-state index in [9.17, 15) is 0 Å². The van der Waals surface area contributed by atoms with E-state index in [4.69, 9.17) is 0 Å². The molecule has 0 aliphatic carbocycles. The molecule has 92 valence electrons. The average molecular weight is 241 g/mol. The molecule has 0 saturated carbocycles. The number of aryl methyl sites for hydroxylation is 1. The van der Waals surface area contributed by atoms with E-state index in [0.29, 0.717) is 6.04 Å². The predicted molar refractivity (Wildman–Crippen MR) is 71.9 cm³/mol. The Morgan fingerprint density at radius 2 is 2.25 bits per heavy atom. The van der Waals surface area contributed by atoms with Crippen LogP contribution in [-0.4, -0.2) is 27.8 Å². The molecule has 1 heterocycles. The van der Waals surface area contributed by atoms with Gasteiger partial charge in [-0.2, -0.15) is 16.9 Å². The van der Waals surface area contributed by atoms with E-state index in [1.165, 1.54) is 24.2 Å². The van der Waals surface area contributed by atoms with Gasteiger partial charge in [-0.1, -0.05) is 13.8 Å². The van der Waals surface area contributed by atoms with Crippen LogP contribution in [0, 0.1) is 0 Å². The molecule has 3 nitrogen and oxygen atoms in total. The molecule has 0 radical (unpaired) electrons. The van der Waals surface area contributed by atoms with Crippen molar-refractivity contribution in [2.75, 3.05) is 18.1 Å². The number of nitrogens with one attached hydrogen (secondary N) is 1. The molecule has 0 fully saturated rings. The van der Waals surface area contributed by atoms with E-state index in [2.05, 4.69) is 30.5 Å². The van der Waals surface area contributed by atoms with E-state index < -0.39 is 0 Å². The van der Waals surface area contributed by atoms with Crippen LogP contribution in [0.25, 0.3) is 0 Å². The van der Waals surface area contributed by atoms with Crippen molar-refractivity contribution in [1.82, 2.24) is 15.1 Å². The first kappa shape index (κ1) is 13.6. The van der Waals surface area contributed by atoms with Crippen LogP contribution in [0.15, 0.2) is 12.4 Å². The molecule has 1 unspecified atom stereocenters. The topological polar surface area (TPSA) is 29.9 Å². The molecule has 0 aliphatic heterocycles. The van der Waals surface area contributed by atoms with Gasteiger partial charge in [0, 0.05) is 30.6 Å². The Balaban J connectivity index is 2.49. The second-order valence-electron chi connectivity index (χ2n) is 4.03. The summed E-state index contributed by atoms with van der Waals surface area (Å²) in [4.78, 5) is 0. The molecule has 1 rings (SSSR count). The number of aromatic nitrogens is 2. The van der Waals surface area contributed by atoms with Gasteiger partial charge in [0.2, 0.25) is 0 Å². The van der Waals surface area contributed by atoms with Crippen LogP contribution in [0.5, 0.6) is 0 Å². The van der Waals surface area contributed by atoms with Crippen LogP contribution in [0.4, 0.5) is 0 Å². The SMILES string of the molecule is CCCNC(CSCCC)c1cnn(C)c1. The third-order valence-corrected chi connectivity index (χ3v) is 3.67. The Morgan fingerprint density at radius 1 is 1.44 bits per heavy atom. The van der Waals surface area contributed by atoms with E-state index in [-0.39, 0.29) is 0 Å². The van der Waals surface area contributed by atoms with E-state index >= 15 is 0 Å². The van der Waals surface area contributed by atoms with Crippen LogP contribution < -0.4 is 5.32 Å². The van der Waals surface area contributed by atoms with Gasteiger partial charge < -0.3 is 5.32 Å². The van der Waals surface area contributed by atoms with Crippen molar-refractivity contribution in [3.8, 4) is 0 Å². The summed E-state index contributed by atoms with van der Waals surface area (Å²) in [6.07, 6.45) is 6.51. The Labute approximate surface area is 103 Å². The molecule has 0 aromatic carbocycles. The highest BCUT2D eigenvalue weighted by Gasteiger charge is 2.11. The summed E-state index contributed by atoms with van der Waals surface area (Å²) < 4.78 is 1.88. The zero-order valence-corrected chi connectivity index (χ0v) is 11.4. The minimum absolute atomic E-state index is 0.449. The van der Waals surface area contributed by atoms with Gasteiger partial charge in [-0.15, -0.1) is 0 Å². The molecule has 4 heteroatoms. The molecule has 1 atom stereocenters. The van der Waals surface area contributed by atoms with Crippen LogP contribution in [0.1, 0.15) is 38.3 Å². The highest BCUT2D eigenvalue weighted by molar-refractivity contribution is 7.99. The molecular formula is C12H23N3S. The zero-order chi connectivity index (χ0) is 11.8. The summed E-state index contributed by atoms with van der Waals surface area (Å²) >= 11 is 2.02. The Kier molecular flexibility index (Phi) is 6.57. The van der Waals surface area contributed by atoms with Crippen LogP contribution in [0.3, 0.4) is 0 Å². The molecule has 1 N–H and O–H groups in total. The molecule has 1 aromatic rings. The summed E-state index contributed by atoms with van der Waals surface area (Å²) in [6.45, 7) is 5.50. The Morgan fingerprint density at radius 3 is 2.81 bits per heavy atom. The second-order valence-corrected chi connectivity index (χ2v) is 5.18. The number of thioether (sulfide) groups is 1. The normalized spacial score (nSPS) is 12.9. The zero-order valence-electron chi connectivity index (χ0n) is 10.6. The van der Waals surface area contributed by atoms with Crippen molar-refractivity contribution >= 4 is 11.8 Å². The summed E-state index contributed by atoms with van der Waals surface area (Å²) in [7, 11) is 1.97. The monoisotopic (exact) mass is 241 g/mol. The highest BCUT2D eigenvalue weighted by atomic mass is 32.2. The molecule has 0 spiro atoms. The van der Waals surface area contributed by atoms with Gasteiger partial charge in [0.1, 0.15) is 0 Å². The number of hydrogen-bond acceptors (Lipinski definition) is 3. The first-order valence-corrected chi connectivity index (χ1v) is 7.23. The molecule has 16 heavy (non-hydrogen) atoms. The molecule has 1 aromatic heterocycles.